The molecule has 2 nitrogen and oxygen atoms in total. The van der Waals surface area contributed by atoms with Gasteiger partial charge in [0.2, 0.25) is 0 Å². The van der Waals surface area contributed by atoms with Gasteiger partial charge in [-0.3, -0.25) is 0 Å². The number of rotatable bonds is 4. The maximum Gasteiger partial charge on any atom is 0.176 e. The molecule has 0 aromatic heterocycles. The largest absolute Gasteiger partial charge is 0.320 e. The van der Waals surface area contributed by atoms with Crippen LogP contribution in [0.2, 0.25) is 0 Å². The van der Waals surface area contributed by atoms with Crippen LogP contribution in [0.4, 0.5) is 0 Å². The Bertz CT molecular complexity index is 97.7. The van der Waals surface area contributed by atoms with Crippen molar-refractivity contribution in [3.8, 4) is 6.19 Å². The van der Waals surface area contributed by atoms with Gasteiger partial charge < -0.3 is 5.32 Å². The summed E-state index contributed by atoms with van der Waals surface area (Å²) >= 11 is 1.76. The third-order valence-electron chi connectivity index (χ3n) is 1.13. The first-order valence-corrected chi connectivity index (χ1v) is 4.38. The minimum absolute atomic E-state index is 0.366. The summed E-state index contributed by atoms with van der Waals surface area (Å²) in [4.78, 5) is 0. The molecule has 0 aliphatic rings. The minimum Gasteiger partial charge on any atom is -0.320 e. The van der Waals surface area contributed by atoms with E-state index >= 15 is 0 Å². The Morgan fingerprint density at radius 3 is 2.78 bits per heavy atom. The third-order valence-corrected chi connectivity index (χ3v) is 1.87. The van der Waals surface area contributed by atoms with Crippen molar-refractivity contribution in [1.82, 2.24) is 5.32 Å². The highest BCUT2D eigenvalue weighted by Gasteiger charge is 2.00. The Hall–Kier alpha value is -0.360. The predicted octanol–water partition coefficient (Wildman–Crippen LogP) is 1.20. The lowest BCUT2D eigenvalue weighted by Gasteiger charge is -2.08. The zero-order valence-corrected chi connectivity index (χ0v) is 6.66. The molecule has 9 heavy (non-hydrogen) atoms. The van der Waals surface area contributed by atoms with E-state index in [9.17, 15) is 0 Å². The molecule has 0 aromatic rings. The molecular formula is C6H12N2S. The number of hydrogen-bond acceptors (Lipinski definition) is 3. The molecule has 0 spiro atoms. The Morgan fingerprint density at radius 1 is 1.78 bits per heavy atom. The van der Waals surface area contributed by atoms with Crippen LogP contribution in [-0.2, 0) is 0 Å². The van der Waals surface area contributed by atoms with Crippen molar-refractivity contribution in [2.24, 2.45) is 0 Å². The van der Waals surface area contributed by atoms with Gasteiger partial charge >= 0.3 is 0 Å². The third kappa shape index (κ3) is 4.16. The standard InChI is InChI=1S/C6H12N2S/c1-3-6(4-9-2)8-5-7/h6,8H,3-4H2,1-2H3. The van der Waals surface area contributed by atoms with E-state index in [1.54, 1.807) is 11.8 Å². The van der Waals surface area contributed by atoms with Crippen LogP contribution in [0, 0.1) is 11.5 Å². The van der Waals surface area contributed by atoms with Crippen LogP contribution in [0.25, 0.3) is 0 Å². The van der Waals surface area contributed by atoms with E-state index in [2.05, 4.69) is 12.2 Å². The van der Waals surface area contributed by atoms with Crippen LogP contribution >= 0.6 is 11.8 Å². The van der Waals surface area contributed by atoms with Crippen molar-refractivity contribution in [3.63, 3.8) is 0 Å². The number of nitriles is 1. The summed E-state index contributed by atoms with van der Waals surface area (Å²) in [7, 11) is 0. The normalized spacial score (nSPS) is 12.1. The van der Waals surface area contributed by atoms with Crippen LogP contribution in [0.5, 0.6) is 0 Å². The Balaban J connectivity index is 3.32. The molecule has 1 atom stereocenters. The van der Waals surface area contributed by atoms with E-state index in [4.69, 9.17) is 5.26 Å². The van der Waals surface area contributed by atoms with Gasteiger partial charge in [0.05, 0.1) is 0 Å². The molecule has 0 amide bonds. The van der Waals surface area contributed by atoms with Gasteiger partial charge in [0, 0.05) is 11.8 Å². The average molecular weight is 144 g/mol. The van der Waals surface area contributed by atoms with Crippen LogP contribution < -0.4 is 5.32 Å². The lowest BCUT2D eigenvalue weighted by molar-refractivity contribution is 0.637. The maximum atomic E-state index is 8.22. The van der Waals surface area contributed by atoms with E-state index < -0.39 is 0 Å². The van der Waals surface area contributed by atoms with E-state index in [0.29, 0.717) is 6.04 Å². The number of nitrogens with one attached hydrogen (secondary N) is 1. The second-order valence-corrected chi connectivity index (χ2v) is 2.73. The molecule has 1 N–H and O–H groups in total. The van der Waals surface area contributed by atoms with Gasteiger partial charge in [0.15, 0.2) is 6.19 Å². The van der Waals surface area contributed by atoms with Gasteiger partial charge in [-0.2, -0.15) is 17.0 Å². The highest BCUT2D eigenvalue weighted by atomic mass is 32.2. The van der Waals surface area contributed by atoms with Crippen molar-refractivity contribution >= 4 is 11.8 Å². The first-order valence-electron chi connectivity index (χ1n) is 2.98. The molecule has 52 valence electrons. The number of hydrogen-bond donors (Lipinski definition) is 1. The minimum atomic E-state index is 0.366. The molecule has 1 unspecified atom stereocenters. The van der Waals surface area contributed by atoms with Crippen LogP contribution in [-0.4, -0.2) is 18.1 Å². The van der Waals surface area contributed by atoms with Gasteiger partial charge in [-0.15, -0.1) is 0 Å². The summed E-state index contributed by atoms with van der Waals surface area (Å²) < 4.78 is 0. The Labute approximate surface area is 60.6 Å². The lowest BCUT2D eigenvalue weighted by atomic mass is 10.3. The topological polar surface area (TPSA) is 35.8 Å². The molecule has 0 aliphatic carbocycles. The Morgan fingerprint density at radius 2 is 2.44 bits per heavy atom. The fraction of sp³-hybridized carbons (Fsp3) is 0.833. The highest BCUT2D eigenvalue weighted by molar-refractivity contribution is 7.98. The molecule has 0 rings (SSSR count). The van der Waals surface area contributed by atoms with Gasteiger partial charge in [-0.05, 0) is 12.7 Å². The van der Waals surface area contributed by atoms with Crippen molar-refractivity contribution in [1.29, 1.82) is 5.26 Å². The number of thioether (sulfide) groups is 1. The molecular weight excluding hydrogens is 132 g/mol. The summed E-state index contributed by atoms with van der Waals surface area (Å²) in [6.07, 6.45) is 5.01. The molecule has 0 bridgehead atoms. The first kappa shape index (κ1) is 8.64. The zero-order valence-electron chi connectivity index (χ0n) is 5.85. The quantitative estimate of drug-likeness (QED) is 0.475. The predicted molar refractivity (Wildman–Crippen MR) is 41.2 cm³/mol. The SMILES string of the molecule is CCC(CSC)NC#N. The molecule has 0 aromatic carbocycles. The van der Waals surface area contributed by atoms with Gasteiger partial charge in [-0.25, -0.2) is 0 Å². The summed E-state index contributed by atoms with van der Waals surface area (Å²) in [5, 5.41) is 10.9. The fourth-order valence-electron chi connectivity index (χ4n) is 0.554. The van der Waals surface area contributed by atoms with E-state index in [0.717, 1.165) is 12.2 Å². The van der Waals surface area contributed by atoms with Crippen LogP contribution in [0.1, 0.15) is 13.3 Å². The molecule has 0 heterocycles. The highest BCUT2D eigenvalue weighted by Crippen LogP contribution is 1.99. The van der Waals surface area contributed by atoms with E-state index in [1.807, 2.05) is 12.4 Å². The summed E-state index contributed by atoms with van der Waals surface area (Å²) in [5.41, 5.74) is 0. The second-order valence-electron chi connectivity index (χ2n) is 1.82. The van der Waals surface area contributed by atoms with Crippen molar-refractivity contribution < 1.29 is 0 Å². The maximum absolute atomic E-state index is 8.22. The van der Waals surface area contributed by atoms with Gasteiger partial charge in [0.1, 0.15) is 0 Å². The summed E-state index contributed by atoms with van der Waals surface area (Å²) in [5.74, 6) is 1.02. The molecule has 0 fully saturated rings. The van der Waals surface area contributed by atoms with Crippen LogP contribution in [0.15, 0.2) is 0 Å². The summed E-state index contributed by atoms with van der Waals surface area (Å²) in [6, 6.07) is 0.366. The van der Waals surface area contributed by atoms with E-state index in [1.165, 1.54) is 0 Å². The molecule has 0 radical (unpaired) electrons. The van der Waals surface area contributed by atoms with Crippen LogP contribution in [0.3, 0.4) is 0 Å². The Kier molecular flexibility index (Phi) is 5.54. The van der Waals surface area contributed by atoms with Crippen molar-refractivity contribution in [2.75, 3.05) is 12.0 Å². The van der Waals surface area contributed by atoms with Crippen molar-refractivity contribution in [2.45, 2.75) is 19.4 Å². The first-order chi connectivity index (χ1) is 4.35. The molecule has 0 saturated heterocycles. The fourth-order valence-corrected chi connectivity index (χ4v) is 1.28. The smallest absolute Gasteiger partial charge is 0.176 e. The van der Waals surface area contributed by atoms with Crippen molar-refractivity contribution in [3.05, 3.63) is 0 Å². The summed E-state index contributed by atoms with van der Waals surface area (Å²) in [6.45, 7) is 2.07. The van der Waals surface area contributed by atoms with Gasteiger partial charge in [-0.1, -0.05) is 6.92 Å². The zero-order chi connectivity index (χ0) is 7.11. The molecule has 0 saturated carbocycles. The molecule has 3 heteroatoms. The molecule has 0 aliphatic heterocycles. The van der Waals surface area contributed by atoms with E-state index in [-0.39, 0.29) is 0 Å². The lowest BCUT2D eigenvalue weighted by Crippen LogP contribution is -2.25. The number of nitrogens with zero attached hydrogens (tertiary/aromatic N) is 1. The second kappa shape index (κ2) is 5.77. The average Bonchev–Trinajstić information content (AvgIpc) is 1.88. The monoisotopic (exact) mass is 144 g/mol. The van der Waals surface area contributed by atoms with Gasteiger partial charge in [0.25, 0.3) is 0 Å².